The Labute approximate surface area is 95.0 Å². The van der Waals surface area contributed by atoms with E-state index >= 15 is 0 Å². The maximum Gasteiger partial charge on any atom is 0.197 e. The van der Waals surface area contributed by atoms with Gasteiger partial charge in [0.1, 0.15) is 6.10 Å². The van der Waals surface area contributed by atoms with Crippen LogP contribution < -0.4 is 0 Å². The minimum absolute atomic E-state index is 0.0174. The number of ether oxygens (including phenoxy) is 2. The Bertz CT molecular complexity index is 226. The molecule has 0 aromatic carbocycles. The molecule has 2 fully saturated rings. The van der Waals surface area contributed by atoms with Crippen LogP contribution in [0.1, 0.15) is 32.1 Å². The minimum atomic E-state index is -1.05. The molecule has 16 heavy (non-hydrogen) atoms. The van der Waals surface area contributed by atoms with E-state index in [9.17, 15) is 10.2 Å². The van der Waals surface area contributed by atoms with Gasteiger partial charge >= 0.3 is 0 Å². The van der Waals surface area contributed by atoms with Crippen LogP contribution in [0.3, 0.4) is 0 Å². The Hall–Kier alpha value is -0.200. The van der Waals surface area contributed by atoms with Crippen molar-refractivity contribution in [2.24, 2.45) is 0 Å². The van der Waals surface area contributed by atoms with E-state index in [1.165, 1.54) is 0 Å². The van der Waals surface area contributed by atoms with E-state index in [2.05, 4.69) is 0 Å². The third-order valence-electron chi connectivity index (χ3n) is 3.40. The van der Waals surface area contributed by atoms with Crippen molar-refractivity contribution in [3.63, 3.8) is 0 Å². The van der Waals surface area contributed by atoms with Gasteiger partial charge in [0.25, 0.3) is 0 Å². The van der Waals surface area contributed by atoms with Crippen molar-refractivity contribution in [3.05, 3.63) is 0 Å². The SMILES string of the molecule is OCC[C@@H]1C[C@H](O)[C@@H](O)[C@]2(CCCCO2)O1. The predicted molar refractivity (Wildman–Crippen MR) is 55.7 cm³/mol. The van der Waals surface area contributed by atoms with Crippen molar-refractivity contribution in [1.82, 2.24) is 0 Å². The van der Waals surface area contributed by atoms with E-state index in [-0.39, 0.29) is 12.7 Å². The molecule has 0 unspecified atom stereocenters. The van der Waals surface area contributed by atoms with Crippen LogP contribution in [0.5, 0.6) is 0 Å². The van der Waals surface area contributed by atoms with Crippen molar-refractivity contribution in [2.45, 2.75) is 56.2 Å². The second-order valence-electron chi connectivity index (χ2n) is 4.62. The average molecular weight is 232 g/mol. The Morgan fingerprint density at radius 2 is 2.06 bits per heavy atom. The molecule has 0 aromatic heterocycles. The first-order valence-electron chi connectivity index (χ1n) is 5.97. The maximum absolute atomic E-state index is 9.98. The van der Waals surface area contributed by atoms with Gasteiger partial charge < -0.3 is 24.8 Å². The maximum atomic E-state index is 9.98. The van der Waals surface area contributed by atoms with Crippen LogP contribution in [-0.2, 0) is 9.47 Å². The third kappa shape index (κ3) is 2.24. The molecule has 4 atom stereocenters. The van der Waals surface area contributed by atoms with Gasteiger partial charge in [0, 0.05) is 19.4 Å². The highest BCUT2D eigenvalue weighted by molar-refractivity contribution is 4.93. The summed E-state index contributed by atoms with van der Waals surface area (Å²) in [7, 11) is 0. The second kappa shape index (κ2) is 4.98. The molecular formula is C11H20O5. The smallest absolute Gasteiger partial charge is 0.197 e. The van der Waals surface area contributed by atoms with E-state index < -0.39 is 18.0 Å². The van der Waals surface area contributed by atoms with Gasteiger partial charge in [-0.05, 0) is 19.3 Å². The Morgan fingerprint density at radius 1 is 1.25 bits per heavy atom. The molecule has 5 heteroatoms. The van der Waals surface area contributed by atoms with Gasteiger partial charge in [-0.3, -0.25) is 0 Å². The molecule has 2 heterocycles. The van der Waals surface area contributed by atoms with E-state index in [1.807, 2.05) is 0 Å². The van der Waals surface area contributed by atoms with Crippen molar-refractivity contribution in [2.75, 3.05) is 13.2 Å². The van der Waals surface area contributed by atoms with Crippen molar-refractivity contribution in [1.29, 1.82) is 0 Å². The lowest BCUT2D eigenvalue weighted by molar-refractivity contribution is -0.352. The zero-order chi connectivity index (χ0) is 11.6. The van der Waals surface area contributed by atoms with Crippen molar-refractivity contribution in [3.8, 4) is 0 Å². The topological polar surface area (TPSA) is 79.2 Å². The van der Waals surface area contributed by atoms with Crippen LogP contribution in [0.4, 0.5) is 0 Å². The van der Waals surface area contributed by atoms with E-state index in [0.29, 0.717) is 25.9 Å². The summed E-state index contributed by atoms with van der Waals surface area (Å²) in [6.07, 6.45) is 1.26. The molecule has 2 rings (SSSR count). The summed E-state index contributed by atoms with van der Waals surface area (Å²) in [6, 6.07) is 0. The van der Waals surface area contributed by atoms with Gasteiger partial charge in [-0.15, -0.1) is 0 Å². The lowest BCUT2D eigenvalue weighted by Crippen LogP contribution is -2.60. The van der Waals surface area contributed by atoms with Crippen LogP contribution in [0.25, 0.3) is 0 Å². The molecule has 0 saturated carbocycles. The van der Waals surface area contributed by atoms with Crippen LogP contribution in [-0.4, -0.2) is 52.6 Å². The summed E-state index contributed by atoms with van der Waals surface area (Å²) in [5, 5.41) is 28.7. The van der Waals surface area contributed by atoms with Crippen LogP contribution >= 0.6 is 0 Å². The fraction of sp³-hybridized carbons (Fsp3) is 1.00. The van der Waals surface area contributed by atoms with Gasteiger partial charge in [0.2, 0.25) is 0 Å². The number of hydrogen-bond donors (Lipinski definition) is 3. The van der Waals surface area contributed by atoms with Gasteiger partial charge in [-0.2, -0.15) is 0 Å². The van der Waals surface area contributed by atoms with Crippen molar-refractivity contribution < 1.29 is 24.8 Å². The Kier molecular flexibility index (Phi) is 3.81. The molecule has 2 aliphatic rings. The number of rotatable bonds is 2. The first-order valence-corrected chi connectivity index (χ1v) is 5.97. The molecular weight excluding hydrogens is 212 g/mol. The largest absolute Gasteiger partial charge is 0.396 e. The zero-order valence-corrected chi connectivity index (χ0v) is 9.34. The molecule has 0 aliphatic carbocycles. The van der Waals surface area contributed by atoms with Gasteiger partial charge in [-0.1, -0.05) is 0 Å². The Morgan fingerprint density at radius 3 is 2.69 bits per heavy atom. The summed E-state index contributed by atoms with van der Waals surface area (Å²) >= 11 is 0. The third-order valence-corrected chi connectivity index (χ3v) is 3.40. The fourth-order valence-corrected chi connectivity index (χ4v) is 2.53. The molecule has 0 bridgehead atoms. The van der Waals surface area contributed by atoms with Crippen LogP contribution in [0.15, 0.2) is 0 Å². The summed E-state index contributed by atoms with van der Waals surface area (Å²) in [4.78, 5) is 0. The van der Waals surface area contributed by atoms with Crippen molar-refractivity contribution >= 4 is 0 Å². The molecule has 94 valence electrons. The quantitative estimate of drug-likeness (QED) is 0.613. The molecule has 2 saturated heterocycles. The van der Waals surface area contributed by atoms with E-state index in [4.69, 9.17) is 14.6 Å². The highest BCUT2D eigenvalue weighted by atomic mass is 16.7. The predicted octanol–water partition coefficient (Wildman–Crippen LogP) is -0.224. The molecule has 0 amide bonds. The molecule has 1 spiro atoms. The molecule has 3 N–H and O–H groups in total. The lowest BCUT2D eigenvalue weighted by atomic mass is 9.89. The molecule has 2 aliphatic heterocycles. The zero-order valence-electron chi connectivity index (χ0n) is 9.34. The molecule has 0 aromatic rings. The second-order valence-corrected chi connectivity index (χ2v) is 4.62. The number of hydrogen-bond acceptors (Lipinski definition) is 5. The number of aliphatic hydroxyl groups is 3. The van der Waals surface area contributed by atoms with Gasteiger partial charge in [0.05, 0.1) is 18.8 Å². The highest BCUT2D eigenvalue weighted by Gasteiger charge is 2.50. The summed E-state index contributed by atoms with van der Waals surface area (Å²) in [6.45, 7) is 0.569. The Balaban J connectivity index is 2.08. The summed E-state index contributed by atoms with van der Waals surface area (Å²) in [5.41, 5.74) is 0. The molecule has 0 radical (unpaired) electrons. The van der Waals surface area contributed by atoms with E-state index in [0.717, 1.165) is 12.8 Å². The highest BCUT2D eigenvalue weighted by Crippen LogP contribution is 2.38. The number of aliphatic hydroxyl groups excluding tert-OH is 3. The van der Waals surface area contributed by atoms with Gasteiger partial charge in [0.15, 0.2) is 5.79 Å². The fourth-order valence-electron chi connectivity index (χ4n) is 2.53. The first-order chi connectivity index (χ1) is 7.68. The lowest BCUT2D eigenvalue weighted by Gasteiger charge is -2.48. The molecule has 5 nitrogen and oxygen atoms in total. The van der Waals surface area contributed by atoms with E-state index in [1.54, 1.807) is 0 Å². The van der Waals surface area contributed by atoms with Crippen LogP contribution in [0, 0.1) is 0 Å². The monoisotopic (exact) mass is 232 g/mol. The van der Waals surface area contributed by atoms with Gasteiger partial charge in [-0.25, -0.2) is 0 Å². The normalized spacial score (nSPS) is 44.8. The minimum Gasteiger partial charge on any atom is -0.396 e. The van der Waals surface area contributed by atoms with Crippen LogP contribution in [0.2, 0.25) is 0 Å². The standard InChI is InChI=1S/C11H20O5/c12-5-3-8-7-9(13)10(14)11(16-8)4-1-2-6-15-11/h8-10,12-14H,1-7H2/t8-,9+,10-,11+/m1/s1. The summed E-state index contributed by atoms with van der Waals surface area (Å²) in [5.74, 6) is -1.05. The summed E-state index contributed by atoms with van der Waals surface area (Å²) < 4.78 is 11.3. The first kappa shape index (κ1) is 12.3. The average Bonchev–Trinajstić information content (AvgIpc) is 2.28.